The van der Waals surface area contributed by atoms with Crippen LogP contribution in [0.3, 0.4) is 0 Å². The van der Waals surface area contributed by atoms with Crippen molar-refractivity contribution in [2.24, 2.45) is 0 Å². The van der Waals surface area contributed by atoms with Crippen molar-refractivity contribution in [3.8, 4) is 0 Å². The lowest BCUT2D eigenvalue weighted by atomic mass is 10.5. The lowest BCUT2D eigenvalue weighted by Crippen LogP contribution is -2.15. The van der Waals surface area contributed by atoms with Crippen molar-refractivity contribution in [1.29, 1.82) is 0 Å². The summed E-state index contributed by atoms with van der Waals surface area (Å²) in [6.45, 7) is 6.68. The highest BCUT2D eigenvalue weighted by molar-refractivity contribution is 7.62. The molecule has 0 aromatic rings. The fourth-order valence-electron chi connectivity index (χ4n) is 0.525. The van der Waals surface area contributed by atoms with Gasteiger partial charge in [-0.3, -0.25) is 0 Å². The maximum atomic E-state index is 11.0. The van der Waals surface area contributed by atoms with E-state index in [1.165, 1.54) is 0 Å². The molecule has 0 aliphatic heterocycles. The average molecular weight is 149 g/mol. The van der Waals surface area contributed by atoms with Crippen LogP contribution in [0.5, 0.6) is 0 Å². The average Bonchev–Trinajstić information content (AvgIpc) is 1.63. The quantitative estimate of drug-likeness (QED) is 0.485. The second-order valence-corrected chi connectivity index (χ2v) is 6.20. The summed E-state index contributed by atoms with van der Waals surface area (Å²) >= 11 is 0. The van der Waals surface area contributed by atoms with Crippen LogP contribution in [0, 0.1) is 0 Å². The van der Waals surface area contributed by atoms with Crippen molar-refractivity contribution >= 4 is 7.14 Å². The first-order valence-corrected chi connectivity index (χ1v) is 6.09. The Morgan fingerprint density at radius 3 is 2.33 bits per heavy atom. The molecule has 2 nitrogen and oxygen atoms in total. The Morgan fingerprint density at radius 1 is 1.44 bits per heavy atom. The van der Waals surface area contributed by atoms with Gasteiger partial charge in [0, 0.05) is 6.29 Å². The largest absolute Gasteiger partial charge is 0.323 e. The molecule has 0 atom stereocenters. The van der Waals surface area contributed by atoms with Crippen LogP contribution in [-0.4, -0.2) is 26.2 Å². The van der Waals surface area contributed by atoms with E-state index in [1.807, 2.05) is 0 Å². The molecule has 3 heteroatoms. The van der Waals surface area contributed by atoms with E-state index in [-0.39, 0.29) is 0 Å². The van der Waals surface area contributed by atoms with Crippen molar-refractivity contribution in [1.82, 2.24) is 5.32 Å². The molecule has 0 heterocycles. The van der Waals surface area contributed by atoms with Crippen LogP contribution in [0.1, 0.15) is 13.3 Å². The fourth-order valence-corrected chi connectivity index (χ4v) is 1.22. The summed E-state index contributed by atoms with van der Waals surface area (Å²) in [5.74, 6) is 0. The van der Waals surface area contributed by atoms with E-state index >= 15 is 0 Å². The molecule has 0 spiro atoms. The maximum Gasteiger partial charge on any atom is 0.0949 e. The third-order valence-corrected chi connectivity index (χ3v) is 1.90. The first kappa shape index (κ1) is 9.19. The first-order valence-electron chi connectivity index (χ1n) is 3.31. The van der Waals surface area contributed by atoms with Crippen molar-refractivity contribution in [2.45, 2.75) is 13.3 Å². The smallest absolute Gasteiger partial charge is 0.0949 e. The lowest BCUT2D eigenvalue weighted by Gasteiger charge is -2.05. The maximum absolute atomic E-state index is 11.0. The molecule has 0 amide bonds. The van der Waals surface area contributed by atoms with Gasteiger partial charge in [-0.25, -0.2) is 0 Å². The Hall–Kier alpha value is 0.190. The third-order valence-electron chi connectivity index (χ3n) is 0.919. The second-order valence-electron chi connectivity index (χ2n) is 2.73. The SMILES string of the molecule is CCCNCP(C)(C)=O. The zero-order valence-electron chi connectivity index (χ0n) is 6.48. The van der Waals surface area contributed by atoms with Gasteiger partial charge in [-0.2, -0.15) is 0 Å². The van der Waals surface area contributed by atoms with Gasteiger partial charge in [-0.1, -0.05) is 6.92 Å². The molecular weight excluding hydrogens is 133 g/mol. The standard InChI is InChI=1S/C6H16NOP/c1-4-5-7-6-9(2,3)8/h7H,4-6H2,1-3H3. The molecule has 0 aromatic heterocycles. The van der Waals surface area contributed by atoms with Gasteiger partial charge in [-0.15, -0.1) is 0 Å². The molecule has 0 unspecified atom stereocenters. The van der Waals surface area contributed by atoms with Gasteiger partial charge < -0.3 is 9.88 Å². The van der Waals surface area contributed by atoms with Crippen LogP contribution in [0.2, 0.25) is 0 Å². The molecule has 0 radical (unpaired) electrons. The zero-order chi connectivity index (χ0) is 7.33. The minimum Gasteiger partial charge on any atom is -0.323 e. The highest BCUT2D eigenvalue weighted by Gasteiger charge is 2.03. The molecule has 0 fully saturated rings. The van der Waals surface area contributed by atoms with Gasteiger partial charge in [0.2, 0.25) is 0 Å². The molecular formula is C6H16NOP. The summed E-state index contributed by atoms with van der Waals surface area (Å²) in [6.07, 6.45) is 1.79. The Labute approximate surface area is 57.4 Å². The number of hydrogen-bond acceptors (Lipinski definition) is 2. The molecule has 0 rings (SSSR count). The molecule has 9 heavy (non-hydrogen) atoms. The Balaban J connectivity index is 3.18. The molecule has 0 aliphatic carbocycles. The first-order chi connectivity index (χ1) is 4.06. The van der Waals surface area contributed by atoms with Gasteiger partial charge in [0.15, 0.2) is 0 Å². The van der Waals surface area contributed by atoms with Crippen LogP contribution in [-0.2, 0) is 4.57 Å². The highest BCUT2D eigenvalue weighted by Crippen LogP contribution is 2.33. The number of hydrogen-bond donors (Lipinski definition) is 1. The topological polar surface area (TPSA) is 29.1 Å². The van der Waals surface area contributed by atoms with E-state index in [0.717, 1.165) is 13.0 Å². The summed E-state index contributed by atoms with van der Waals surface area (Å²) in [5.41, 5.74) is 0. The van der Waals surface area contributed by atoms with E-state index in [1.54, 1.807) is 13.3 Å². The predicted molar refractivity (Wildman–Crippen MR) is 42.6 cm³/mol. The molecule has 0 saturated heterocycles. The zero-order valence-corrected chi connectivity index (χ0v) is 7.37. The van der Waals surface area contributed by atoms with Gasteiger partial charge in [-0.05, 0) is 26.3 Å². The molecule has 0 aliphatic rings. The summed E-state index contributed by atoms with van der Waals surface area (Å²) in [4.78, 5) is 0. The molecule has 1 N–H and O–H groups in total. The van der Waals surface area contributed by atoms with Crippen molar-refractivity contribution in [2.75, 3.05) is 26.2 Å². The summed E-state index contributed by atoms with van der Waals surface area (Å²) in [7, 11) is -1.81. The van der Waals surface area contributed by atoms with E-state index in [4.69, 9.17) is 0 Å². The van der Waals surface area contributed by atoms with Crippen LogP contribution in [0.25, 0.3) is 0 Å². The van der Waals surface area contributed by atoms with Crippen LogP contribution in [0.15, 0.2) is 0 Å². The molecule has 0 saturated carbocycles. The Kier molecular flexibility index (Phi) is 4.16. The van der Waals surface area contributed by atoms with Gasteiger partial charge in [0.25, 0.3) is 0 Å². The van der Waals surface area contributed by atoms with Crippen molar-refractivity contribution < 1.29 is 4.57 Å². The normalized spacial score (nSPS) is 11.9. The van der Waals surface area contributed by atoms with Gasteiger partial charge >= 0.3 is 0 Å². The minimum atomic E-state index is -1.81. The highest BCUT2D eigenvalue weighted by atomic mass is 31.2. The Bertz CT molecular complexity index is 108. The third kappa shape index (κ3) is 8.19. The summed E-state index contributed by atoms with van der Waals surface area (Å²) in [6, 6.07) is 0. The van der Waals surface area contributed by atoms with Crippen LogP contribution in [0.4, 0.5) is 0 Å². The van der Waals surface area contributed by atoms with E-state index in [9.17, 15) is 4.57 Å². The number of nitrogens with one attached hydrogen (secondary N) is 1. The predicted octanol–water partition coefficient (Wildman–Crippen LogP) is 1.57. The van der Waals surface area contributed by atoms with Crippen LogP contribution < -0.4 is 5.32 Å². The lowest BCUT2D eigenvalue weighted by molar-refractivity contribution is 0.576. The van der Waals surface area contributed by atoms with Crippen LogP contribution >= 0.6 is 7.14 Å². The van der Waals surface area contributed by atoms with E-state index in [0.29, 0.717) is 6.29 Å². The van der Waals surface area contributed by atoms with Gasteiger partial charge in [0.1, 0.15) is 0 Å². The van der Waals surface area contributed by atoms with Crippen molar-refractivity contribution in [3.05, 3.63) is 0 Å². The molecule has 0 aromatic carbocycles. The minimum absolute atomic E-state index is 0.681. The van der Waals surface area contributed by atoms with E-state index < -0.39 is 7.14 Å². The number of rotatable bonds is 4. The fraction of sp³-hybridized carbons (Fsp3) is 1.00. The van der Waals surface area contributed by atoms with E-state index in [2.05, 4.69) is 12.2 Å². The van der Waals surface area contributed by atoms with Crippen molar-refractivity contribution in [3.63, 3.8) is 0 Å². The molecule has 56 valence electrons. The Morgan fingerprint density at radius 2 is 2.00 bits per heavy atom. The summed E-state index contributed by atoms with van der Waals surface area (Å²) in [5, 5.41) is 3.11. The second kappa shape index (κ2) is 4.08. The summed E-state index contributed by atoms with van der Waals surface area (Å²) < 4.78 is 11.0. The monoisotopic (exact) mass is 149 g/mol. The van der Waals surface area contributed by atoms with Gasteiger partial charge in [0.05, 0.1) is 7.14 Å². The molecule has 0 bridgehead atoms.